The van der Waals surface area contributed by atoms with Crippen LogP contribution < -0.4 is 10.6 Å². The lowest BCUT2D eigenvalue weighted by Gasteiger charge is -2.29. The number of anilines is 1. The van der Waals surface area contributed by atoms with Gasteiger partial charge in [-0.15, -0.1) is 0 Å². The molecular formula is C12H17BrN4. The fourth-order valence-corrected chi connectivity index (χ4v) is 3.35. The second kappa shape index (κ2) is 4.53. The van der Waals surface area contributed by atoms with E-state index in [1.807, 2.05) is 12.4 Å². The van der Waals surface area contributed by atoms with Crippen LogP contribution in [-0.4, -0.2) is 29.1 Å². The van der Waals surface area contributed by atoms with Crippen LogP contribution in [0, 0.1) is 11.8 Å². The van der Waals surface area contributed by atoms with Gasteiger partial charge in [-0.05, 0) is 40.6 Å². The highest BCUT2D eigenvalue weighted by Crippen LogP contribution is 2.36. The van der Waals surface area contributed by atoms with E-state index in [2.05, 4.69) is 30.8 Å². The van der Waals surface area contributed by atoms with Crippen molar-refractivity contribution < 1.29 is 0 Å². The van der Waals surface area contributed by atoms with Crippen molar-refractivity contribution in [1.29, 1.82) is 0 Å². The topological polar surface area (TPSA) is 55.0 Å². The summed E-state index contributed by atoms with van der Waals surface area (Å²) in [6.07, 6.45) is 7.38. The zero-order valence-electron chi connectivity index (χ0n) is 9.72. The van der Waals surface area contributed by atoms with E-state index in [1.54, 1.807) is 0 Å². The molecule has 0 bridgehead atoms. The third-order valence-corrected chi connectivity index (χ3v) is 4.45. The number of rotatable bonds is 1. The van der Waals surface area contributed by atoms with Crippen LogP contribution in [0.3, 0.4) is 0 Å². The molecule has 1 aliphatic heterocycles. The molecular weight excluding hydrogens is 280 g/mol. The van der Waals surface area contributed by atoms with Crippen molar-refractivity contribution in [2.24, 2.45) is 17.6 Å². The second-order valence-electron chi connectivity index (χ2n) is 5.12. The molecule has 3 unspecified atom stereocenters. The number of halogens is 1. The van der Waals surface area contributed by atoms with E-state index in [0.717, 1.165) is 29.4 Å². The van der Waals surface area contributed by atoms with E-state index in [9.17, 15) is 0 Å². The molecule has 1 saturated carbocycles. The molecule has 1 aromatic rings. The zero-order chi connectivity index (χ0) is 11.8. The maximum atomic E-state index is 6.21. The average Bonchev–Trinajstić information content (AvgIpc) is 2.75. The van der Waals surface area contributed by atoms with E-state index in [4.69, 9.17) is 5.73 Å². The summed E-state index contributed by atoms with van der Waals surface area (Å²) in [5.41, 5.74) is 6.21. The summed E-state index contributed by atoms with van der Waals surface area (Å²) in [5, 5.41) is 0. The van der Waals surface area contributed by atoms with Gasteiger partial charge >= 0.3 is 0 Å². The molecule has 2 fully saturated rings. The Morgan fingerprint density at radius 2 is 2.00 bits per heavy atom. The van der Waals surface area contributed by atoms with Gasteiger partial charge in [-0.1, -0.05) is 6.42 Å². The largest absolute Gasteiger partial charge is 0.340 e. The minimum Gasteiger partial charge on any atom is -0.340 e. The number of nitrogens with two attached hydrogens (primary N) is 1. The van der Waals surface area contributed by atoms with E-state index >= 15 is 0 Å². The van der Waals surface area contributed by atoms with Gasteiger partial charge < -0.3 is 10.6 Å². The Morgan fingerprint density at radius 1 is 1.24 bits per heavy atom. The van der Waals surface area contributed by atoms with E-state index < -0.39 is 0 Å². The Kier molecular flexibility index (Phi) is 3.04. The number of hydrogen-bond donors (Lipinski definition) is 1. The average molecular weight is 297 g/mol. The van der Waals surface area contributed by atoms with Crippen molar-refractivity contribution in [2.45, 2.75) is 25.3 Å². The summed E-state index contributed by atoms with van der Waals surface area (Å²) in [4.78, 5) is 11.0. The van der Waals surface area contributed by atoms with Crippen LogP contribution in [0.5, 0.6) is 0 Å². The van der Waals surface area contributed by atoms with Gasteiger partial charge in [-0.25, -0.2) is 9.97 Å². The molecule has 1 aromatic heterocycles. The van der Waals surface area contributed by atoms with Gasteiger partial charge in [-0.2, -0.15) is 0 Å². The van der Waals surface area contributed by atoms with Crippen LogP contribution in [-0.2, 0) is 0 Å². The van der Waals surface area contributed by atoms with Gasteiger partial charge in [0.25, 0.3) is 0 Å². The third-order valence-electron chi connectivity index (χ3n) is 4.04. The first-order valence-corrected chi connectivity index (χ1v) is 7.01. The highest BCUT2D eigenvalue weighted by molar-refractivity contribution is 9.10. The molecule has 0 aromatic carbocycles. The fraction of sp³-hybridized carbons (Fsp3) is 0.667. The summed E-state index contributed by atoms with van der Waals surface area (Å²) in [6, 6.07) is 0.370. The van der Waals surface area contributed by atoms with Crippen LogP contribution in [0.1, 0.15) is 19.3 Å². The first-order valence-electron chi connectivity index (χ1n) is 6.22. The second-order valence-corrected chi connectivity index (χ2v) is 6.04. The maximum Gasteiger partial charge on any atom is 0.225 e. The molecule has 5 heteroatoms. The highest BCUT2D eigenvalue weighted by atomic mass is 79.9. The van der Waals surface area contributed by atoms with Crippen LogP contribution in [0.15, 0.2) is 16.9 Å². The molecule has 2 heterocycles. The molecule has 0 amide bonds. The first-order chi connectivity index (χ1) is 8.24. The van der Waals surface area contributed by atoms with Crippen molar-refractivity contribution >= 4 is 21.9 Å². The number of fused-ring (bicyclic) bond motifs is 1. The van der Waals surface area contributed by atoms with Crippen molar-refractivity contribution in [1.82, 2.24) is 9.97 Å². The van der Waals surface area contributed by atoms with Gasteiger partial charge in [0.05, 0.1) is 4.47 Å². The lowest BCUT2D eigenvalue weighted by atomic mass is 9.78. The monoisotopic (exact) mass is 296 g/mol. The van der Waals surface area contributed by atoms with Gasteiger partial charge in [0.1, 0.15) is 0 Å². The smallest absolute Gasteiger partial charge is 0.225 e. The molecule has 1 saturated heterocycles. The molecule has 0 radical (unpaired) electrons. The normalized spacial score (nSPS) is 32.6. The third kappa shape index (κ3) is 2.18. The predicted molar refractivity (Wildman–Crippen MR) is 70.8 cm³/mol. The van der Waals surface area contributed by atoms with E-state index in [1.165, 1.54) is 19.3 Å². The van der Waals surface area contributed by atoms with Crippen molar-refractivity contribution in [3.63, 3.8) is 0 Å². The quantitative estimate of drug-likeness (QED) is 0.859. The van der Waals surface area contributed by atoms with Crippen molar-refractivity contribution in [2.75, 3.05) is 18.0 Å². The zero-order valence-corrected chi connectivity index (χ0v) is 11.3. The Labute approximate surface area is 110 Å². The minimum absolute atomic E-state index is 0.370. The van der Waals surface area contributed by atoms with Crippen LogP contribution in [0.4, 0.5) is 5.95 Å². The van der Waals surface area contributed by atoms with E-state index in [-0.39, 0.29) is 0 Å². The molecule has 3 atom stereocenters. The Balaban J connectivity index is 1.76. The first kappa shape index (κ1) is 11.4. The standard InChI is InChI=1S/C12H17BrN4/c13-9-4-15-12(16-5-9)17-6-8-2-1-3-11(14)10(8)7-17/h4-5,8,10-11H,1-3,6-7,14H2. The molecule has 2 N–H and O–H groups in total. The summed E-state index contributed by atoms with van der Waals surface area (Å²) < 4.78 is 0.926. The summed E-state index contributed by atoms with van der Waals surface area (Å²) in [5.74, 6) is 2.22. The molecule has 92 valence electrons. The summed E-state index contributed by atoms with van der Waals surface area (Å²) in [6.45, 7) is 2.09. The number of nitrogens with zero attached hydrogens (tertiary/aromatic N) is 3. The van der Waals surface area contributed by atoms with Crippen molar-refractivity contribution in [3.05, 3.63) is 16.9 Å². The fourth-order valence-electron chi connectivity index (χ4n) is 3.15. The molecule has 2 aliphatic rings. The van der Waals surface area contributed by atoms with Crippen molar-refractivity contribution in [3.8, 4) is 0 Å². The molecule has 0 spiro atoms. The van der Waals surface area contributed by atoms with Crippen LogP contribution in [0.25, 0.3) is 0 Å². The Hall–Kier alpha value is -0.680. The van der Waals surface area contributed by atoms with Gasteiger partial charge in [0.2, 0.25) is 5.95 Å². The Bertz CT molecular complexity index is 394. The number of aromatic nitrogens is 2. The molecule has 4 nitrogen and oxygen atoms in total. The van der Waals surface area contributed by atoms with Crippen LogP contribution >= 0.6 is 15.9 Å². The number of hydrogen-bond acceptors (Lipinski definition) is 4. The lowest BCUT2D eigenvalue weighted by Crippen LogP contribution is -2.38. The van der Waals surface area contributed by atoms with Gasteiger partial charge in [0.15, 0.2) is 0 Å². The molecule has 1 aliphatic carbocycles. The minimum atomic E-state index is 0.370. The maximum absolute atomic E-state index is 6.21. The lowest BCUT2D eigenvalue weighted by molar-refractivity contribution is 0.260. The summed E-state index contributed by atoms with van der Waals surface area (Å²) >= 11 is 3.36. The summed E-state index contributed by atoms with van der Waals surface area (Å²) in [7, 11) is 0. The van der Waals surface area contributed by atoms with Crippen LogP contribution in [0.2, 0.25) is 0 Å². The Morgan fingerprint density at radius 3 is 2.71 bits per heavy atom. The molecule has 3 rings (SSSR count). The van der Waals surface area contributed by atoms with E-state index in [0.29, 0.717) is 12.0 Å². The predicted octanol–water partition coefficient (Wildman–Crippen LogP) is 1.80. The SMILES string of the molecule is NC1CCCC2CN(c3ncc(Br)cn3)CC12. The van der Waals surface area contributed by atoms with Gasteiger partial charge in [-0.3, -0.25) is 0 Å². The molecule has 17 heavy (non-hydrogen) atoms. The van der Waals surface area contributed by atoms with Gasteiger partial charge in [0, 0.05) is 31.5 Å². The highest BCUT2D eigenvalue weighted by Gasteiger charge is 2.39.